The normalized spacial score (nSPS) is 36.0. The Morgan fingerprint density at radius 3 is 2.59 bits per heavy atom. The van der Waals surface area contributed by atoms with Crippen LogP contribution in [0.25, 0.3) is 0 Å². The molecule has 2 aliphatic carbocycles. The number of carbonyl (C=O) groups excluding carboxylic acids is 1. The number of alkyl carbamates (subject to hydrolysis) is 1. The highest BCUT2D eigenvalue weighted by Crippen LogP contribution is 2.40. The lowest BCUT2D eigenvalue weighted by molar-refractivity contribution is -0.130. The van der Waals surface area contributed by atoms with Crippen molar-refractivity contribution in [3.8, 4) is 0 Å². The van der Waals surface area contributed by atoms with E-state index in [1.54, 1.807) is 0 Å². The van der Waals surface area contributed by atoms with Gasteiger partial charge >= 0.3 is 6.09 Å². The van der Waals surface area contributed by atoms with E-state index in [-0.39, 0.29) is 24.3 Å². The van der Waals surface area contributed by atoms with Crippen LogP contribution in [0.3, 0.4) is 0 Å². The lowest BCUT2D eigenvalue weighted by Crippen LogP contribution is -2.74. The highest BCUT2D eigenvalue weighted by molar-refractivity contribution is 5.68. The minimum absolute atomic E-state index is 0.126. The molecule has 1 saturated heterocycles. The van der Waals surface area contributed by atoms with Crippen molar-refractivity contribution in [1.29, 1.82) is 0 Å². The molecule has 0 aromatic carbocycles. The molecule has 126 valence electrons. The lowest BCUT2D eigenvalue weighted by atomic mass is 9.68. The second kappa shape index (κ2) is 6.00. The zero-order valence-electron chi connectivity index (χ0n) is 14.2. The van der Waals surface area contributed by atoms with Crippen molar-refractivity contribution in [3.05, 3.63) is 0 Å². The van der Waals surface area contributed by atoms with Gasteiger partial charge in [0.15, 0.2) is 0 Å². The maximum absolute atomic E-state index is 12.1. The first-order valence-corrected chi connectivity index (χ1v) is 8.72. The van der Waals surface area contributed by atoms with Crippen LogP contribution in [0.15, 0.2) is 0 Å². The molecule has 5 heteroatoms. The number of carbonyl (C=O) groups is 1. The van der Waals surface area contributed by atoms with Crippen molar-refractivity contribution in [1.82, 2.24) is 10.6 Å². The van der Waals surface area contributed by atoms with Crippen LogP contribution in [0.1, 0.15) is 53.4 Å². The average Bonchev–Trinajstić information content (AvgIpc) is 3.25. The molecule has 1 heterocycles. The highest BCUT2D eigenvalue weighted by atomic mass is 16.6. The number of rotatable bonds is 4. The fourth-order valence-corrected chi connectivity index (χ4v) is 3.78. The summed E-state index contributed by atoms with van der Waals surface area (Å²) in [6, 6.07) is 0.842. The van der Waals surface area contributed by atoms with E-state index in [0.717, 1.165) is 25.4 Å². The monoisotopic (exact) mass is 310 g/mol. The topological polar surface area (TPSA) is 59.6 Å². The number of amides is 1. The summed E-state index contributed by atoms with van der Waals surface area (Å²) in [4.78, 5) is 12.1. The van der Waals surface area contributed by atoms with Gasteiger partial charge in [0.2, 0.25) is 0 Å². The van der Waals surface area contributed by atoms with Gasteiger partial charge < -0.3 is 20.1 Å². The zero-order valence-corrected chi connectivity index (χ0v) is 14.2. The van der Waals surface area contributed by atoms with Crippen LogP contribution >= 0.6 is 0 Å². The Balaban J connectivity index is 1.59. The highest BCUT2D eigenvalue weighted by Gasteiger charge is 2.54. The Labute approximate surface area is 133 Å². The van der Waals surface area contributed by atoms with Gasteiger partial charge in [-0.2, -0.15) is 0 Å². The number of ether oxygens (including phenoxy) is 2. The first kappa shape index (κ1) is 16.1. The van der Waals surface area contributed by atoms with E-state index in [1.165, 1.54) is 12.8 Å². The van der Waals surface area contributed by atoms with Crippen LogP contribution < -0.4 is 10.6 Å². The van der Waals surface area contributed by atoms with Crippen molar-refractivity contribution >= 4 is 6.09 Å². The van der Waals surface area contributed by atoms with Crippen LogP contribution in [-0.4, -0.2) is 42.5 Å². The minimum atomic E-state index is -0.458. The molecule has 0 spiro atoms. The standard InChI is InChI=1S/C17H30N2O3/c1-10(11-7-8-11)18-14-13(12-6-5-9-21-15(12)14)19-16(20)22-17(2,3)4/h10-15,18H,5-9H2,1-4H3,(H,19,20). The third-order valence-electron chi connectivity index (χ3n) is 5.08. The van der Waals surface area contributed by atoms with Crippen molar-refractivity contribution in [3.63, 3.8) is 0 Å². The summed E-state index contributed by atoms with van der Waals surface area (Å²) in [5.74, 6) is 1.22. The summed E-state index contributed by atoms with van der Waals surface area (Å²) < 4.78 is 11.4. The van der Waals surface area contributed by atoms with Crippen LogP contribution in [0, 0.1) is 11.8 Å². The Bertz CT molecular complexity index is 417. The summed E-state index contributed by atoms with van der Waals surface area (Å²) in [5, 5.41) is 6.78. The van der Waals surface area contributed by atoms with Crippen LogP contribution in [0.5, 0.6) is 0 Å². The molecule has 1 amide bonds. The molecular formula is C17H30N2O3. The summed E-state index contributed by atoms with van der Waals surface area (Å²) in [6.45, 7) is 8.77. The molecule has 0 bridgehead atoms. The SMILES string of the molecule is CC(NC1C(NC(=O)OC(C)(C)C)C2CCCOC21)C1CC1. The Hall–Kier alpha value is -0.810. The van der Waals surface area contributed by atoms with E-state index >= 15 is 0 Å². The maximum atomic E-state index is 12.1. The van der Waals surface area contributed by atoms with Gasteiger partial charge in [0.05, 0.1) is 18.2 Å². The van der Waals surface area contributed by atoms with E-state index < -0.39 is 5.60 Å². The van der Waals surface area contributed by atoms with Crippen LogP contribution in [-0.2, 0) is 9.47 Å². The van der Waals surface area contributed by atoms with Crippen molar-refractivity contribution in [2.75, 3.05) is 6.61 Å². The van der Waals surface area contributed by atoms with E-state index in [1.807, 2.05) is 20.8 Å². The molecule has 22 heavy (non-hydrogen) atoms. The summed E-state index contributed by atoms with van der Waals surface area (Å²) >= 11 is 0. The minimum Gasteiger partial charge on any atom is -0.444 e. The maximum Gasteiger partial charge on any atom is 0.407 e. The van der Waals surface area contributed by atoms with E-state index in [4.69, 9.17) is 9.47 Å². The van der Waals surface area contributed by atoms with Gasteiger partial charge in [0.25, 0.3) is 0 Å². The summed E-state index contributed by atoms with van der Waals surface area (Å²) in [6.07, 6.45) is 4.78. The molecule has 1 aliphatic heterocycles. The molecular weight excluding hydrogens is 280 g/mol. The van der Waals surface area contributed by atoms with Gasteiger partial charge in [-0.1, -0.05) is 0 Å². The predicted molar refractivity (Wildman–Crippen MR) is 84.7 cm³/mol. The number of hydrogen-bond acceptors (Lipinski definition) is 4. The fraction of sp³-hybridized carbons (Fsp3) is 0.941. The van der Waals surface area contributed by atoms with Gasteiger partial charge in [0.1, 0.15) is 5.60 Å². The fourth-order valence-electron chi connectivity index (χ4n) is 3.78. The molecule has 0 aromatic heterocycles. The predicted octanol–water partition coefficient (Wildman–Crippen LogP) is 2.45. The van der Waals surface area contributed by atoms with Crippen molar-refractivity contribution in [2.45, 2.75) is 83.2 Å². The van der Waals surface area contributed by atoms with Gasteiger partial charge in [-0.15, -0.1) is 0 Å². The third kappa shape index (κ3) is 3.57. The molecule has 0 radical (unpaired) electrons. The molecule has 2 saturated carbocycles. The molecule has 3 aliphatic rings. The molecule has 2 N–H and O–H groups in total. The molecule has 3 rings (SSSR count). The molecule has 0 aromatic rings. The lowest BCUT2D eigenvalue weighted by Gasteiger charge is -2.54. The smallest absolute Gasteiger partial charge is 0.407 e. The Morgan fingerprint density at radius 2 is 1.95 bits per heavy atom. The van der Waals surface area contributed by atoms with Crippen molar-refractivity contribution < 1.29 is 14.3 Å². The van der Waals surface area contributed by atoms with Crippen molar-refractivity contribution in [2.24, 2.45) is 11.8 Å². The molecule has 5 nitrogen and oxygen atoms in total. The molecule has 3 fully saturated rings. The van der Waals surface area contributed by atoms with Gasteiger partial charge in [-0.05, 0) is 59.3 Å². The third-order valence-corrected chi connectivity index (χ3v) is 5.08. The number of nitrogens with one attached hydrogen (secondary N) is 2. The van der Waals surface area contributed by atoms with Gasteiger partial charge in [0, 0.05) is 18.6 Å². The van der Waals surface area contributed by atoms with E-state index in [0.29, 0.717) is 12.0 Å². The first-order valence-electron chi connectivity index (χ1n) is 8.72. The van der Waals surface area contributed by atoms with Gasteiger partial charge in [-0.3, -0.25) is 0 Å². The average molecular weight is 310 g/mol. The van der Waals surface area contributed by atoms with E-state index in [9.17, 15) is 4.79 Å². The Kier molecular flexibility index (Phi) is 4.38. The molecule has 5 atom stereocenters. The van der Waals surface area contributed by atoms with E-state index in [2.05, 4.69) is 17.6 Å². The number of fused-ring (bicyclic) bond motifs is 1. The first-order chi connectivity index (χ1) is 10.3. The molecule has 5 unspecified atom stereocenters. The second-order valence-corrected chi connectivity index (χ2v) is 8.13. The second-order valence-electron chi connectivity index (χ2n) is 8.13. The van der Waals surface area contributed by atoms with Gasteiger partial charge in [-0.25, -0.2) is 4.79 Å². The zero-order chi connectivity index (χ0) is 15.9. The largest absolute Gasteiger partial charge is 0.444 e. The summed E-state index contributed by atoms with van der Waals surface area (Å²) in [5.41, 5.74) is -0.458. The summed E-state index contributed by atoms with van der Waals surface area (Å²) in [7, 11) is 0. The quantitative estimate of drug-likeness (QED) is 0.837. The Morgan fingerprint density at radius 1 is 1.23 bits per heavy atom. The number of hydrogen-bond donors (Lipinski definition) is 2. The van der Waals surface area contributed by atoms with Crippen LogP contribution in [0.2, 0.25) is 0 Å². The van der Waals surface area contributed by atoms with Crippen LogP contribution in [0.4, 0.5) is 4.79 Å².